The maximum Gasteiger partial charge on any atom is 0.261 e. The van der Waals surface area contributed by atoms with Crippen LogP contribution >= 0.6 is 0 Å². The molecule has 138 valence electrons. The summed E-state index contributed by atoms with van der Waals surface area (Å²) in [6.45, 7) is 0. The second kappa shape index (κ2) is 7.50. The quantitative estimate of drug-likeness (QED) is 0.700. The Hall–Kier alpha value is -3.33. The molecule has 27 heavy (non-hydrogen) atoms. The van der Waals surface area contributed by atoms with Crippen LogP contribution in [0.3, 0.4) is 0 Å². The van der Waals surface area contributed by atoms with E-state index < -0.39 is 26.6 Å². The van der Waals surface area contributed by atoms with Crippen LogP contribution in [0.1, 0.15) is 10.4 Å². The molecular weight excluding hydrogens is 376 g/mol. The van der Waals surface area contributed by atoms with E-state index in [1.54, 1.807) is 12.1 Å². The van der Waals surface area contributed by atoms with Crippen molar-refractivity contribution >= 4 is 27.3 Å². The van der Waals surface area contributed by atoms with Crippen LogP contribution in [0.15, 0.2) is 71.9 Å². The Morgan fingerprint density at radius 1 is 0.852 bits per heavy atom. The molecule has 0 atom stereocenters. The molecule has 0 aliphatic heterocycles. The summed E-state index contributed by atoms with van der Waals surface area (Å²) in [4.78, 5) is 15.5. The largest absolute Gasteiger partial charge is 0.322 e. The van der Waals surface area contributed by atoms with Gasteiger partial charge in [-0.3, -0.25) is 14.5 Å². The van der Waals surface area contributed by atoms with Gasteiger partial charge in [-0.15, -0.1) is 0 Å². The lowest BCUT2D eigenvalue weighted by molar-refractivity contribution is 0.102. The predicted octanol–water partition coefficient (Wildman–Crippen LogP) is 3.41. The highest BCUT2D eigenvalue weighted by atomic mass is 32.2. The smallest absolute Gasteiger partial charge is 0.261 e. The first-order chi connectivity index (χ1) is 12.8. The van der Waals surface area contributed by atoms with Gasteiger partial charge in [0.2, 0.25) is 0 Å². The molecule has 0 spiro atoms. The highest BCUT2D eigenvalue weighted by molar-refractivity contribution is 7.92. The number of carbonyl (C=O) groups excluding carboxylic acids is 1. The number of benzene rings is 2. The summed E-state index contributed by atoms with van der Waals surface area (Å²) in [5, 5.41) is 2.66. The molecule has 0 saturated carbocycles. The normalized spacial score (nSPS) is 11.0. The molecule has 2 aromatic carbocycles. The van der Waals surface area contributed by atoms with Crippen LogP contribution in [0.25, 0.3) is 0 Å². The van der Waals surface area contributed by atoms with Crippen molar-refractivity contribution in [3.8, 4) is 0 Å². The number of rotatable bonds is 5. The fraction of sp³-hybridized carbons (Fsp3) is 0. The number of aromatic nitrogens is 1. The third-order valence-electron chi connectivity index (χ3n) is 3.54. The molecule has 1 aromatic heterocycles. The van der Waals surface area contributed by atoms with Crippen LogP contribution in [-0.2, 0) is 10.0 Å². The molecule has 3 rings (SSSR count). The van der Waals surface area contributed by atoms with Crippen molar-refractivity contribution in [2.24, 2.45) is 0 Å². The van der Waals surface area contributed by atoms with E-state index in [0.29, 0.717) is 17.3 Å². The number of halogens is 2. The fourth-order valence-corrected chi connectivity index (χ4v) is 3.26. The van der Waals surface area contributed by atoms with Gasteiger partial charge in [-0.2, -0.15) is 0 Å². The first-order valence-electron chi connectivity index (χ1n) is 7.64. The monoisotopic (exact) mass is 389 g/mol. The molecular formula is C18H13F2N3O3S. The Morgan fingerprint density at radius 3 is 2.11 bits per heavy atom. The lowest BCUT2D eigenvalue weighted by Gasteiger charge is -2.10. The molecule has 0 aliphatic carbocycles. The summed E-state index contributed by atoms with van der Waals surface area (Å²) >= 11 is 0. The minimum atomic E-state index is -4.08. The maximum absolute atomic E-state index is 13.3. The fourth-order valence-electron chi connectivity index (χ4n) is 2.19. The number of nitrogens with zero attached hydrogens (tertiary/aromatic N) is 1. The number of amides is 1. The second-order valence-electron chi connectivity index (χ2n) is 5.45. The van der Waals surface area contributed by atoms with Gasteiger partial charge in [0.25, 0.3) is 15.9 Å². The van der Waals surface area contributed by atoms with Gasteiger partial charge >= 0.3 is 0 Å². The molecule has 0 fully saturated rings. The molecule has 9 heteroatoms. The standard InChI is InChI=1S/C18H13F2N3O3S/c19-16-6-5-15(11-17(16)20)27(25,26)23-14-3-1-13(2-4-14)22-18(24)12-7-9-21-10-8-12/h1-11,23H,(H,22,24). The average molecular weight is 389 g/mol. The van der Waals surface area contributed by atoms with E-state index in [2.05, 4.69) is 15.0 Å². The zero-order valence-electron chi connectivity index (χ0n) is 13.7. The molecule has 0 unspecified atom stereocenters. The van der Waals surface area contributed by atoms with Gasteiger partial charge in [0.05, 0.1) is 4.90 Å². The Labute approximate surface area is 153 Å². The van der Waals surface area contributed by atoms with Gasteiger partial charge in [0.1, 0.15) is 0 Å². The summed E-state index contributed by atoms with van der Waals surface area (Å²) in [6, 6.07) is 11.3. The van der Waals surface area contributed by atoms with Gasteiger partial charge in [-0.05, 0) is 54.6 Å². The summed E-state index contributed by atoms with van der Waals surface area (Å²) < 4.78 is 52.9. The Balaban J connectivity index is 1.71. The van der Waals surface area contributed by atoms with Crippen molar-refractivity contribution in [3.63, 3.8) is 0 Å². The Morgan fingerprint density at radius 2 is 1.48 bits per heavy atom. The van der Waals surface area contributed by atoms with E-state index in [1.807, 2.05) is 0 Å². The van der Waals surface area contributed by atoms with Crippen LogP contribution < -0.4 is 10.0 Å². The highest BCUT2D eigenvalue weighted by Gasteiger charge is 2.16. The number of sulfonamides is 1. The molecule has 0 aliphatic rings. The third kappa shape index (κ3) is 4.45. The van der Waals surface area contributed by atoms with Crippen LogP contribution in [-0.4, -0.2) is 19.3 Å². The molecule has 1 heterocycles. The molecule has 3 aromatic rings. The van der Waals surface area contributed by atoms with Crippen molar-refractivity contribution < 1.29 is 22.0 Å². The number of hydrogen-bond acceptors (Lipinski definition) is 4. The molecule has 0 radical (unpaired) electrons. The van der Waals surface area contributed by atoms with E-state index in [9.17, 15) is 22.0 Å². The molecule has 6 nitrogen and oxygen atoms in total. The topological polar surface area (TPSA) is 88.2 Å². The van der Waals surface area contributed by atoms with Crippen molar-refractivity contribution in [1.29, 1.82) is 0 Å². The number of hydrogen-bond donors (Lipinski definition) is 2. The number of carbonyl (C=O) groups is 1. The minimum Gasteiger partial charge on any atom is -0.322 e. The Kier molecular flexibility index (Phi) is 5.13. The lowest BCUT2D eigenvalue weighted by atomic mass is 10.2. The van der Waals surface area contributed by atoms with Crippen molar-refractivity contribution in [1.82, 2.24) is 4.98 Å². The van der Waals surface area contributed by atoms with Gasteiger partial charge in [-0.1, -0.05) is 0 Å². The van der Waals surface area contributed by atoms with E-state index in [-0.39, 0.29) is 11.6 Å². The molecule has 0 bridgehead atoms. The van der Waals surface area contributed by atoms with Gasteiger partial charge in [0.15, 0.2) is 11.6 Å². The first-order valence-corrected chi connectivity index (χ1v) is 9.13. The van der Waals surface area contributed by atoms with Gasteiger partial charge in [0, 0.05) is 29.3 Å². The van der Waals surface area contributed by atoms with Crippen LogP contribution in [0.5, 0.6) is 0 Å². The minimum absolute atomic E-state index is 0.196. The van der Waals surface area contributed by atoms with Crippen molar-refractivity contribution in [2.45, 2.75) is 4.90 Å². The third-order valence-corrected chi connectivity index (χ3v) is 4.92. The SMILES string of the molecule is O=C(Nc1ccc(NS(=O)(=O)c2ccc(F)c(F)c2)cc1)c1ccncc1. The van der Waals surface area contributed by atoms with Crippen LogP contribution in [0, 0.1) is 11.6 Å². The highest BCUT2D eigenvalue weighted by Crippen LogP contribution is 2.20. The second-order valence-corrected chi connectivity index (χ2v) is 7.13. The Bertz CT molecular complexity index is 1070. The predicted molar refractivity (Wildman–Crippen MR) is 95.8 cm³/mol. The van der Waals surface area contributed by atoms with Crippen LogP contribution in [0.2, 0.25) is 0 Å². The number of pyridine rings is 1. The first kappa shape index (κ1) is 18.5. The van der Waals surface area contributed by atoms with E-state index in [4.69, 9.17) is 0 Å². The number of anilines is 2. The number of nitrogens with one attached hydrogen (secondary N) is 2. The van der Waals surface area contributed by atoms with Gasteiger partial charge < -0.3 is 5.32 Å². The zero-order valence-corrected chi connectivity index (χ0v) is 14.5. The van der Waals surface area contributed by atoms with Crippen LogP contribution in [0.4, 0.5) is 20.2 Å². The summed E-state index contributed by atoms with van der Waals surface area (Å²) in [5.74, 6) is -2.73. The molecule has 0 saturated heterocycles. The summed E-state index contributed by atoms with van der Waals surface area (Å²) in [6.07, 6.45) is 2.98. The summed E-state index contributed by atoms with van der Waals surface area (Å²) in [7, 11) is -4.08. The average Bonchev–Trinajstić information content (AvgIpc) is 2.66. The summed E-state index contributed by atoms with van der Waals surface area (Å²) in [5.41, 5.74) is 1.07. The van der Waals surface area contributed by atoms with Crippen molar-refractivity contribution in [3.05, 3.63) is 84.2 Å². The van der Waals surface area contributed by atoms with E-state index in [0.717, 1.165) is 12.1 Å². The van der Waals surface area contributed by atoms with Gasteiger partial charge in [-0.25, -0.2) is 17.2 Å². The van der Waals surface area contributed by atoms with Crippen molar-refractivity contribution in [2.75, 3.05) is 10.0 Å². The maximum atomic E-state index is 13.3. The molecule has 1 amide bonds. The lowest BCUT2D eigenvalue weighted by Crippen LogP contribution is -2.14. The van der Waals surface area contributed by atoms with E-state index >= 15 is 0 Å². The van der Waals surface area contributed by atoms with E-state index in [1.165, 1.54) is 36.7 Å². The molecule has 2 N–H and O–H groups in total. The zero-order chi connectivity index (χ0) is 19.4.